The van der Waals surface area contributed by atoms with Crippen molar-refractivity contribution in [2.45, 2.75) is 39.4 Å². The van der Waals surface area contributed by atoms with Gasteiger partial charge in [-0.05, 0) is 73.7 Å². The highest BCUT2D eigenvalue weighted by atomic mass is 32.2. The third kappa shape index (κ3) is 4.90. The molecular formula is C25H25F3N2O2S. The second-order valence-corrected chi connectivity index (χ2v) is 10.7. The summed E-state index contributed by atoms with van der Waals surface area (Å²) in [4.78, 5) is 4.59. The first-order valence-electron chi connectivity index (χ1n) is 10.7. The Morgan fingerprint density at radius 3 is 2.52 bits per heavy atom. The molecule has 8 heteroatoms. The van der Waals surface area contributed by atoms with E-state index in [1.54, 1.807) is 12.1 Å². The number of allylic oxidation sites excluding steroid dienone is 1. The predicted molar refractivity (Wildman–Crippen MR) is 126 cm³/mol. The number of alkyl halides is 3. The summed E-state index contributed by atoms with van der Waals surface area (Å²) in [6, 6.07) is 11.5. The van der Waals surface area contributed by atoms with E-state index in [4.69, 9.17) is 0 Å². The van der Waals surface area contributed by atoms with Crippen LogP contribution < -0.4 is 5.32 Å². The Morgan fingerprint density at radius 2 is 1.85 bits per heavy atom. The van der Waals surface area contributed by atoms with E-state index < -0.39 is 21.6 Å². The van der Waals surface area contributed by atoms with Gasteiger partial charge in [-0.2, -0.15) is 13.2 Å². The fraction of sp³-hybridized carbons (Fsp3) is 0.320. The molecule has 1 aliphatic rings. The van der Waals surface area contributed by atoms with Crippen molar-refractivity contribution >= 4 is 32.0 Å². The van der Waals surface area contributed by atoms with Crippen LogP contribution in [-0.4, -0.2) is 24.9 Å². The van der Waals surface area contributed by atoms with Crippen LogP contribution in [0.3, 0.4) is 0 Å². The molecule has 174 valence electrons. The maximum absolute atomic E-state index is 13.4. The molecule has 0 saturated heterocycles. The number of benzene rings is 2. The molecule has 1 atom stereocenters. The summed E-state index contributed by atoms with van der Waals surface area (Å²) in [5.41, 5.74) is 4.36. The summed E-state index contributed by atoms with van der Waals surface area (Å²) < 4.78 is 63.7. The van der Waals surface area contributed by atoms with Gasteiger partial charge in [0.25, 0.3) is 0 Å². The van der Waals surface area contributed by atoms with Crippen molar-refractivity contribution in [3.8, 4) is 0 Å². The predicted octanol–water partition coefficient (Wildman–Crippen LogP) is 6.25. The number of anilines is 1. The van der Waals surface area contributed by atoms with E-state index in [9.17, 15) is 21.6 Å². The van der Waals surface area contributed by atoms with Gasteiger partial charge in [0.1, 0.15) is 0 Å². The highest BCUT2D eigenvalue weighted by Gasteiger charge is 2.33. The van der Waals surface area contributed by atoms with Gasteiger partial charge in [-0.25, -0.2) is 8.42 Å². The van der Waals surface area contributed by atoms with E-state index in [1.807, 2.05) is 38.1 Å². The first-order chi connectivity index (χ1) is 15.4. The molecule has 1 N–H and O–H groups in total. The number of nitrogens with one attached hydrogen (secondary N) is 1. The molecule has 3 aromatic rings. The molecular weight excluding hydrogens is 449 g/mol. The largest absolute Gasteiger partial charge is 0.416 e. The van der Waals surface area contributed by atoms with Gasteiger partial charge in [0.15, 0.2) is 9.84 Å². The van der Waals surface area contributed by atoms with Gasteiger partial charge in [-0.3, -0.25) is 4.98 Å². The summed E-state index contributed by atoms with van der Waals surface area (Å²) in [5, 5.41) is 4.22. The minimum absolute atomic E-state index is 0.0312. The highest BCUT2D eigenvalue weighted by Crippen LogP contribution is 2.36. The standard InChI is InChI=1S/C25H25F3N2O2S/c1-15-13-24(30-17(3)20-5-4-6-22(16(20)2)25(26,27)28)21-14-19(7-8-23(21)29-15)18-9-11-33(31,32)12-10-18/h4-9,13-14,17H,10-12H2,1-3H3,(H,29,30). The molecule has 4 nitrogen and oxygen atoms in total. The lowest BCUT2D eigenvalue weighted by atomic mass is 9.96. The molecule has 33 heavy (non-hydrogen) atoms. The molecule has 0 fully saturated rings. The molecule has 0 spiro atoms. The van der Waals surface area contributed by atoms with Crippen LogP contribution in [0.1, 0.15) is 47.3 Å². The van der Waals surface area contributed by atoms with Crippen molar-refractivity contribution in [2.24, 2.45) is 0 Å². The number of sulfone groups is 1. The fourth-order valence-electron chi connectivity index (χ4n) is 4.36. The molecule has 0 aliphatic carbocycles. The van der Waals surface area contributed by atoms with Crippen molar-refractivity contribution < 1.29 is 21.6 Å². The van der Waals surface area contributed by atoms with Crippen molar-refractivity contribution in [3.63, 3.8) is 0 Å². The van der Waals surface area contributed by atoms with Crippen LogP contribution >= 0.6 is 0 Å². The Labute approximate surface area is 191 Å². The van der Waals surface area contributed by atoms with Gasteiger partial charge < -0.3 is 5.32 Å². The first-order valence-corrected chi connectivity index (χ1v) is 12.5. The summed E-state index contributed by atoms with van der Waals surface area (Å²) in [6.07, 6.45) is -2.20. The Bertz CT molecular complexity index is 1360. The molecule has 0 saturated carbocycles. The van der Waals surface area contributed by atoms with Gasteiger partial charge in [-0.15, -0.1) is 0 Å². The van der Waals surface area contributed by atoms with Crippen LogP contribution in [0.25, 0.3) is 16.5 Å². The number of fused-ring (bicyclic) bond motifs is 1. The van der Waals surface area contributed by atoms with E-state index in [2.05, 4.69) is 10.3 Å². The molecule has 0 radical (unpaired) electrons. The lowest BCUT2D eigenvalue weighted by Crippen LogP contribution is -2.15. The number of aryl methyl sites for hydroxylation is 1. The molecule has 0 bridgehead atoms. The van der Waals surface area contributed by atoms with E-state index >= 15 is 0 Å². The molecule has 2 heterocycles. The number of halogens is 3. The minimum Gasteiger partial charge on any atom is -0.378 e. The Morgan fingerprint density at radius 1 is 1.09 bits per heavy atom. The van der Waals surface area contributed by atoms with Crippen LogP contribution in [0.2, 0.25) is 0 Å². The van der Waals surface area contributed by atoms with E-state index in [0.29, 0.717) is 12.0 Å². The average molecular weight is 475 g/mol. The fourth-order valence-corrected chi connectivity index (χ4v) is 5.51. The number of nitrogens with zero attached hydrogens (tertiary/aromatic N) is 1. The molecule has 4 rings (SSSR count). The quantitative estimate of drug-likeness (QED) is 0.486. The Kier molecular flexibility index (Phi) is 5.99. The Balaban J connectivity index is 1.73. The third-order valence-corrected chi connectivity index (χ3v) is 7.59. The van der Waals surface area contributed by atoms with E-state index in [1.165, 1.54) is 13.0 Å². The van der Waals surface area contributed by atoms with Gasteiger partial charge >= 0.3 is 6.18 Å². The second kappa shape index (κ2) is 8.48. The molecule has 2 aromatic carbocycles. The van der Waals surface area contributed by atoms with Crippen molar-refractivity contribution in [1.29, 1.82) is 0 Å². The lowest BCUT2D eigenvalue weighted by molar-refractivity contribution is -0.138. The van der Waals surface area contributed by atoms with E-state index in [-0.39, 0.29) is 23.1 Å². The minimum atomic E-state index is -4.41. The average Bonchev–Trinajstić information content (AvgIpc) is 2.72. The molecule has 1 aromatic heterocycles. The van der Waals surface area contributed by atoms with Crippen LogP contribution in [0.15, 0.2) is 48.5 Å². The summed E-state index contributed by atoms with van der Waals surface area (Å²) in [7, 11) is -3.03. The monoisotopic (exact) mass is 474 g/mol. The lowest BCUT2D eigenvalue weighted by Gasteiger charge is -2.22. The number of pyridine rings is 1. The topological polar surface area (TPSA) is 59.1 Å². The van der Waals surface area contributed by atoms with Crippen molar-refractivity contribution in [3.05, 3.63) is 76.5 Å². The summed E-state index contributed by atoms with van der Waals surface area (Å²) in [5.74, 6) is 0.156. The SMILES string of the molecule is Cc1cc(NC(C)c2cccc(C(F)(F)F)c2C)c2cc(C3=CCS(=O)(=O)CC3)ccc2n1. The zero-order valence-corrected chi connectivity index (χ0v) is 19.4. The maximum atomic E-state index is 13.4. The first kappa shape index (κ1) is 23.3. The second-order valence-electron chi connectivity index (χ2n) is 8.52. The van der Waals surface area contributed by atoms with Gasteiger partial charge in [0, 0.05) is 22.8 Å². The normalized spacial score (nSPS) is 17.0. The Hall–Kier alpha value is -2.87. The third-order valence-electron chi connectivity index (χ3n) is 6.09. The zero-order chi connectivity index (χ0) is 24.0. The number of aromatic nitrogens is 1. The van der Waals surface area contributed by atoms with Crippen LogP contribution in [0.5, 0.6) is 0 Å². The van der Waals surface area contributed by atoms with Crippen molar-refractivity contribution in [1.82, 2.24) is 4.98 Å². The van der Waals surface area contributed by atoms with E-state index in [0.717, 1.165) is 39.5 Å². The summed E-state index contributed by atoms with van der Waals surface area (Å²) in [6.45, 7) is 5.20. The number of rotatable bonds is 4. The zero-order valence-electron chi connectivity index (χ0n) is 18.6. The van der Waals surface area contributed by atoms with Crippen molar-refractivity contribution in [2.75, 3.05) is 16.8 Å². The number of hydrogen-bond donors (Lipinski definition) is 1. The maximum Gasteiger partial charge on any atom is 0.416 e. The summed E-state index contributed by atoms with van der Waals surface area (Å²) >= 11 is 0. The number of hydrogen-bond acceptors (Lipinski definition) is 4. The highest BCUT2D eigenvalue weighted by molar-refractivity contribution is 7.91. The van der Waals surface area contributed by atoms with Crippen LogP contribution in [0, 0.1) is 13.8 Å². The molecule has 1 unspecified atom stereocenters. The van der Waals surface area contributed by atoms with Crippen LogP contribution in [-0.2, 0) is 16.0 Å². The molecule has 1 aliphatic heterocycles. The van der Waals surface area contributed by atoms with Gasteiger partial charge in [0.2, 0.25) is 0 Å². The van der Waals surface area contributed by atoms with Gasteiger partial charge in [0.05, 0.1) is 22.6 Å². The van der Waals surface area contributed by atoms with Crippen LogP contribution in [0.4, 0.5) is 18.9 Å². The van der Waals surface area contributed by atoms with Gasteiger partial charge in [-0.1, -0.05) is 24.3 Å². The smallest absolute Gasteiger partial charge is 0.378 e. The molecule has 0 amide bonds.